The van der Waals surface area contributed by atoms with Gasteiger partial charge in [0, 0.05) is 11.3 Å². The van der Waals surface area contributed by atoms with Crippen molar-refractivity contribution in [3.63, 3.8) is 0 Å². The van der Waals surface area contributed by atoms with Crippen LogP contribution in [0.25, 0.3) is 10.6 Å². The number of Topliss-reactive ketones (excluding diaryl/α,β-unsaturated/α-hetero) is 1. The maximum Gasteiger partial charge on any atom is 0.142 e. The Kier molecular flexibility index (Phi) is 6.70. The summed E-state index contributed by atoms with van der Waals surface area (Å²) >= 11 is 2.76. The molecule has 0 amide bonds. The molecule has 1 aromatic carbocycles. The molecule has 6 nitrogen and oxygen atoms in total. The number of carbonyl (C=O) groups is 1. The molecule has 4 rings (SSSR count). The quantitative estimate of drug-likeness (QED) is 0.523. The van der Waals surface area contributed by atoms with E-state index in [2.05, 4.69) is 29.0 Å². The number of aliphatic hydroxyl groups excluding tert-OH is 2. The van der Waals surface area contributed by atoms with Gasteiger partial charge in [-0.15, -0.1) is 22.7 Å². The standard InChI is InChI=1S/C22H24N2O4S2/c1-13-4-2-3-5-14(13)11-28-16-6-15(7-16)19(27)8-20-24-18(12-29-20)22-17(9-25)23-21(10-26)30-22/h2-5,12,15-16,25-26H,6-11H2,1H3. The normalized spacial score (nSPS) is 18.4. The Morgan fingerprint density at radius 3 is 2.70 bits per heavy atom. The van der Waals surface area contributed by atoms with Crippen molar-refractivity contribution in [3.8, 4) is 10.6 Å². The minimum atomic E-state index is -0.205. The van der Waals surface area contributed by atoms with Crippen LogP contribution in [0, 0.1) is 12.8 Å². The number of carbonyl (C=O) groups excluding carboxylic acids is 1. The Balaban J connectivity index is 1.29. The van der Waals surface area contributed by atoms with E-state index in [1.54, 1.807) is 0 Å². The number of nitrogens with zero attached hydrogens (tertiary/aromatic N) is 2. The van der Waals surface area contributed by atoms with Gasteiger partial charge >= 0.3 is 0 Å². The Labute approximate surface area is 183 Å². The molecule has 1 aliphatic carbocycles. The number of aromatic nitrogens is 2. The van der Waals surface area contributed by atoms with E-state index in [0.29, 0.717) is 29.4 Å². The minimum Gasteiger partial charge on any atom is -0.390 e. The van der Waals surface area contributed by atoms with E-state index in [1.165, 1.54) is 33.8 Å². The van der Waals surface area contributed by atoms with Gasteiger partial charge < -0.3 is 14.9 Å². The fourth-order valence-electron chi connectivity index (χ4n) is 3.51. The minimum absolute atomic E-state index is 0.0385. The smallest absolute Gasteiger partial charge is 0.142 e. The molecule has 0 aliphatic heterocycles. The van der Waals surface area contributed by atoms with Crippen LogP contribution in [0.15, 0.2) is 29.6 Å². The number of ether oxygens (including phenoxy) is 1. The highest BCUT2D eigenvalue weighted by Gasteiger charge is 2.35. The molecular weight excluding hydrogens is 420 g/mol. The third kappa shape index (κ3) is 4.68. The lowest BCUT2D eigenvalue weighted by molar-refractivity contribution is -0.131. The van der Waals surface area contributed by atoms with Gasteiger partial charge in [0.1, 0.15) is 15.8 Å². The van der Waals surface area contributed by atoms with Gasteiger partial charge in [0.05, 0.1) is 48.6 Å². The van der Waals surface area contributed by atoms with Crippen molar-refractivity contribution in [1.29, 1.82) is 0 Å². The lowest BCUT2D eigenvalue weighted by atomic mass is 9.78. The summed E-state index contributed by atoms with van der Waals surface area (Å²) in [6, 6.07) is 8.19. The maximum atomic E-state index is 12.6. The summed E-state index contributed by atoms with van der Waals surface area (Å²) < 4.78 is 5.96. The third-order valence-corrected chi connectivity index (χ3v) is 7.38. The summed E-state index contributed by atoms with van der Waals surface area (Å²) in [4.78, 5) is 22.1. The van der Waals surface area contributed by atoms with Crippen molar-refractivity contribution >= 4 is 28.5 Å². The first-order valence-corrected chi connectivity index (χ1v) is 11.6. The fourth-order valence-corrected chi connectivity index (χ4v) is 5.27. The molecule has 0 unspecified atom stereocenters. The molecule has 30 heavy (non-hydrogen) atoms. The number of benzene rings is 1. The molecule has 1 fully saturated rings. The largest absolute Gasteiger partial charge is 0.390 e. The summed E-state index contributed by atoms with van der Waals surface area (Å²) in [6.07, 6.45) is 2.00. The zero-order chi connectivity index (χ0) is 21.1. The molecule has 1 aliphatic rings. The topological polar surface area (TPSA) is 92.5 Å². The first-order chi connectivity index (χ1) is 14.6. The molecule has 2 aromatic heterocycles. The van der Waals surface area contributed by atoms with Crippen LogP contribution in [0.5, 0.6) is 0 Å². The molecule has 158 valence electrons. The maximum absolute atomic E-state index is 12.6. The van der Waals surface area contributed by atoms with Gasteiger partial charge in [-0.2, -0.15) is 0 Å². The molecule has 2 heterocycles. The van der Waals surface area contributed by atoms with Gasteiger partial charge in [0.25, 0.3) is 0 Å². The van der Waals surface area contributed by atoms with Crippen molar-refractivity contribution in [3.05, 3.63) is 56.5 Å². The van der Waals surface area contributed by atoms with Crippen LogP contribution in [0.2, 0.25) is 0 Å². The van der Waals surface area contributed by atoms with Gasteiger partial charge in [0.2, 0.25) is 0 Å². The molecule has 0 radical (unpaired) electrons. The van der Waals surface area contributed by atoms with Gasteiger partial charge in [0.15, 0.2) is 0 Å². The van der Waals surface area contributed by atoms with E-state index in [-0.39, 0.29) is 31.0 Å². The summed E-state index contributed by atoms with van der Waals surface area (Å²) in [6.45, 7) is 2.30. The van der Waals surface area contributed by atoms with Crippen molar-refractivity contribution in [1.82, 2.24) is 9.97 Å². The van der Waals surface area contributed by atoms with Crippen LogP contribution < -0.4 is 0 Å². The molecule has 0 atom stereocenters. The van der Waals surface area contributed by atoms with E-state index < -0.39 is 0 Å². The zero-order valence-corrected chi connectivity index (χ0v) is 18.3. The molecule has 0 saturated heterocycles. The van der Waals surface area contributed by atoms with E-state index in [9.17, 15) is 15.0 Å². The molecule has 2 N–H and O–H groups in total. The Morgan fingerprint density at radius 1 is 1.17 bits per heavy atom. The lowest BCUT2D eigenvalue weighted by Gasteiger charge is -2.34. The van der Waals surface area contributed by atoms with Crippen molar-refractivity contribution in [2.45, 2.75) is 52.1 Å². The Bertz CT molecular complexity index is 1020. The second kappa shape index (κ2) is 9.45. The second-order valence-corrected chi connectivity index (χ2v) is 9.52. The summed E-state index contributed by atoms with van der Waals surface area (Å²) in [7, 11) is 0. The van der Waals surface area contributed by atoms with Crippen molar-refractivity contribution < 1.29 is 19.7 Å². The number of hydrogen-bond acceptors (Lipinski definition) is 8. The van der Waals surface area contributed by atoms with Crippen LogP contribution in [-0.4, -0.2) is 32.1 Å². The number of ketones is 1. The van der Waals surface area contributed by atoms with E-state index in [0.717, 1.165) is 22.7 Å². The van der Waals surface area contributed by atoms with Crippen molar-refractivity contribution in [2.24, 2.45) is 5.92 Å². The highest BCUT2D eigenvalue weighted by Crippen LogP contribution is 2.34. The predicted molar refractivity (Wildman–Crippen MR) is 116 cm³/mol. The molecule has 8 heteroatoms. The highest BCUT2D eigenvalue weighted by atomic mass is 32.1. The van der Waals surface area contributed by atoms with Gasteiger partial charge in [-0.05, 0) is 30.9 Å². The molecular formula is C22H24N2O4S2. The summed E-state index contributed by atoms with van der Waals surface area (Å²) in [5.74, 6) is 0.242. The number of aryl methyl sites for hydroxylation is 1. The van der Waals surface area contributed by atoms with Crippen LogP contribution in [0.4, 0.5) is 0 Å². The summed E-state index contributed by atoms with van der Waals surface area (Å²) in [5, 5.41) is 21.9. The van der Waals surface area contributed by atoms with Gasteiger partial charge in [-0.3, -0.25) is 4.79 Å². The van der Waals surface area contributed by atoms with Crippen LogP contribution in [0.3, 0.4) is 0 Å². The Hall–Kier alpha value is -1.97. The van der Waals surface area contributed by atoms with E-state index >= 15 is 0 Å². The first kappa shape index (κ1) is 21.3. The second-order valence-electron chi connectivity index (χ2n) is 7.50. The van der Waals surface area contributed by atoms with Crippen molar-refractivity contribution in [2.75, 3.05) is 0 Å². The van der Waals surface area contributed by atoms with Crippen LogP contribution >= 0.6 is 22.7 Å². The zero-order valence-electron chi connectivity index (χ0n) is 16.7. The van der Waals surface area contributed by atoms with Gasteiger partial charge in [-0.25, -0.2) is 9.97 Å². The Morgan fingerprint density at radius 2 is 1.97 bits per heavy atom. The SMILES string of the molecule is Cc1ccccc1COC1CC(C(=O)Cc2nc(-c3sc(CO)nc3CO)cs2)C1. The fraction of sp³-hybridized carbons (Fsp3) is 0.409. The number of thiazole rings is 2. The average molecular weight is 445 g/mol. The number of hydrogen-bond donors (Lipinski definition) is 2. The molecule has 1 saturated carbocycles. The summed E-state index contributed by atoms with van der Waals surface area (Å²) in [5.41, 5.74) is 3.63. The molecule has 0 bridgehead atoms. The predicted octanol–water partition coefficient (Wildman–Crippen LogP) is 3.67. The highest BCUT2D eigenvalue weighted by molar-refractivity contribution is 7.16. The molecule has 0 spiro atoms. The average Bonchev–Trinajstić information content (AvgIpc) is 3.34. The lowest BCUT2D eigenvalue weighted by Crippen LogP contribution is -2.37. The van der Waals surface area contributed by atoms with Gasteiger partial charge in [-0.1, -0.05) is 24.3 Å². The van der Waals surface area contributed by atoms with E-state index in [1.807, 2.05) is 17.5 Å². The van der Waals surface area contributed by atoms with E-state index in [4.69, 9.17) is 4.74 Å². The van der Waals surface area contributed by atoms with Crippen LogP contribution in [0.1, 0.15) is 39.7 Å². The van der Waals surface area contributed by atoms with Crippen LogP contribution in [-0.2, 0) is 35.8 Å². The number of aliphatic hydroxyl groups is 2. The molecule has 3 aromatic rings. The third-order valence-electron chi connectivity index (χ3n) is 5.42. The number of rotatable bonds is 9. The monoisotopic (exact) mass is 444 g/mol. The first-order valence-electron chi connectivity index (χ1n) is 9.91.